The molecule has 8 nitrogen and oxygen atoms in total. The van der Waals surface area contributed by atoms with Crippen molar-refractivity contribution in [2.24, 2.45) is 0 Å². The van der Waals surface area contributed by atoms with Crippen LogP contribution in [0.4, 0.5) is 5.13 Å². The lowest BCUT2D eigenvalue weighted by Gasteiger charge is -2.13. The molecule has 4 aromatic rings. The summed E-state index contributed by atoms with van der Waals surface area (Å²) in [4.78, 5) is 40.0. The molecule has 0 unspecified atom stereocenters. The predicted octanol–water partition coefficient (Wildman–Crippen LogP) is 5.00. The average Bonchev–Trinajstić information content (AvgIpc) is 3.25. The van der Waals surface area contributed by atoms with E-state index >= 15 is 0 Å². The Hall–Kier alpha value is -3.56. The zero-order valence-electron chi connectivity index (χ0n) is 19.8. The zero-order valence-corrected chi connectivity index (χ0v) is 21.3. The number of methoxy groups -OCH3 is 1. The van der Waals surface area contributed by atoms with Gasteiger partial charge in [0.25, 0.3) is 5.91 Å². The van der Waals surface area contributed by atoms with E-state index < -0.39 is 0 Å². The summed E-state index contributed by atoms with van der Waals surface area (Å²) in [5.74, 6) is 0.189. The Morgan fingerprint density at radius 3 is 2.69 bits per heavy atom. The van der Waals surface area contributed by atoms with Gasteiger partial charge in [0.1, 0.15) is 10.9 Å². The Labute approximate surface area is 211 Å². The molecule has 35 heavy (non-hydrogen) atoms. The molecule has 1 aromatic carbocycles. The number of aromatic nitrogens is 3. The van der Waals surface area contributed by atoms with Crippen LogP contribution in [-0.2, 0) is 11.2 Å². The summed E-state index contributed by atoms with van der Waals surface area (Å²) in [6, 6.07) is 9.30. The Kier molecular flexibility index (Phi) is 7.28. The molecule has 0 radical (unpaired) electrons. The number of para-hydroxylation sites is 1. The summed E-state index contributed by atoms with van der Waals surface area (Å²) < 4.78 is 6.38. The van der Waals surface area contributed by atoms with Gasteiger partial charge in [-0.25, -0.2) is 9.97 Å². The van der Waals surface area contributed by atoms with E-state index in [0.29, 0.717) is 40.4 Å². The van der Waals surface area contributed by atoms with Crippen LogP contribution in [0.3, 0.4) is 0 Å². The molecule has 0 bridgehead atoms. The van der Waals surface area contributed by atoms with E-state index in [9.17, 15) is 9.59 Å². The Balaban J connectivity index is 1.65. The molecule has 2 amide bonds. The van der Waals surface area contributed by atoms with Gasteiger partial charge in [-0.2, -0.15) is 0 Å². The maximum atomic E-state index is 13.3. The van der Waals surface area contributed by atoms with Gasteiger partial charge in [0.15, 0.2) is 5.13 Å². The second-order valence-corrected chi connectivity index (χ2v) is 9.52. The second kappa shape index (κ2) is 10.4. The molecule has 10 heteroatoms. The van der Waals surface area contributed by atoms with E-state index in [2.05, 4.69) is 20.3 Å². The molecule has 180 valence electrons. The van der Waals surface area contributed by atoms with E-state index in [1.165, 1.54) is 30.8 Å². The van der Waals surface area contributed by atoms with E-state index in [-0.39, 0.29) is 17.0 Å². The molecule has 0 saturated carbocycles. The van der Waals surface area contributed by atoms with E-state index in [1.807, 2.05) is 25.1 Å². The highest BCUT2D eigenvalue weighted by Crippen LogP contribution is 2.35. The van der Waals surface area contributed by atoms with Gasteiger partial charge in [0.05, 0.1) is 29.1 Å². The van der Waals surface area contributed by atoms with Gasteiger partial charge < -0.3 is 9.64 Å². The van der Waals surface area contributed by atoms with Crippen molar-refractivity contribution in [2.45, 2.75) is 19.8 Å². The summed E-state index contributed by atoms with van der Waals surface area (Å²) in [6.07, 6.45) is 4.00. The maximum Gasteiger partial charge on any atom is 0.259 e. The van der Waals surface area contributed by atoms with Crippen molar-refractivity contribution >= 4 is 50.1 Å². The predicted molar refractivity (Wildman–Crippen MR) is 138 cm³/mol. The normalized spacial score (nSPS) is 10.9. The fraction of sp³-hybridized carbons (Fsp3) is 0.240. The standard InChI is InChI=1S/C25H24ClN5O3S/c1-14-10-16(17-11-21(26)28-13-19(17)34-4)18(12-27-14)24(33)30-25-29-23-15(6-5-7-20(23)35-25)8-9-22(32)31(2)3/h5-7,10-13H,8-9H2,1-4H3,(H,29,30,33). The number of thiazole rings is 1. The summed E-state index contributed by atoms with van der Waals surface area (Å²) in [6.45, 7) is 1.84. The van der Waals surface area contributed by atoms with Crippen LogP contribution < -0.4 is 10.1 Å². The lowest BCUT2D eigenvalue weighted by Crippen LogP contribution is -2.21. The number of nitrogens with zero attached hydrogens (tertiary/aromatic N) is 4. The van der Waals surface area contributed by atoms with Gasteiger partial charge in [0.2, 0.25) is 5.91 Å². The first-order valence-electron chi connectivity index (χ1n) is 10.8. The topological polar surface area (TPSA) is 97.3 Å². The van der Waals surface area contributed by atoms with Crippen LogP contribution >= 0.6 is 22.9 Å². The van der Waals surface area contributed by atoms with Crippen LogP contribution in [0.5, 0.6) is 5.75 Å². The largest absolute Gasteiger partial charge is 0.494 e. The number of anilines is 1. The fourth-order valence-electron chi connectivity index (χ4n) is 3.64. The average molecular weight is 510 g/mol. The first kappa shape index (κ1) is 24.6. The van der Waals surface area contributed by atoms with Gasteiger partial charge >= 0.3 is 0 Å². The van der Waals surface area contributed by atoms with Crippen molar-refractivity contribution in [1.29, 1.82) is 0 Å². The third-order valence-electron chi connectivity index (χ3n) is 5.46. The van der Waals surface area contributed by atoms with Gasteiger partial charge in [-0.15, -0.1) is 0 Å². The van der Waals surface area contributed by atoms with Crippen molar-refractivity contribution in [3.8, 4) is 16.9 Å². The quantitative estimate of drug-likeness (QED) is 0.352. The Bertz CT molecular complexity index is 1420. The number of carbonyl (C=O) groups is 2. The van der Waals surface area contributed by atoms with E-state index in [0.717, 1.165) is 21.5 Å². The molecule has 0 aliphatic carbocycles. The number of halogens is 1. The molecule has 3 heterocycles. The van der Waals surface area contributed by atoms with Crippen LogP contribution in [0.2, 0.25) is 5.15 Å². The molecule has 0 atom stereocenters. The van der Waals surface area contributed by atoms with Crippen LogP contribution in [0.25, 0.3) is 21.3 Å². The molecular weight excluding hydrogens is 486 g/mol. The second-order valence-electron chi connectivity index (χ2n) is 8.10. The Morgan fingerprint density at radius 1 is 1.14 bits per heavy atom. The summed E-state index contributed by atoms with van der Waals surface area (Å²) in [7, 11) is 5.01. The number of ether oxygens (including phenoxy) is 1. The highest BCUT2D eigenvalue weighted by atomic mass is 35.5. The monoisotopic (exact) mass is 509 g/mol. The molecule has 0 aliphatic heterocycles. The lowest BCUT2D eigenvalue weighted by atomic mass is 10.0. The number of rotatable bonds is 7. The Morgan fingerprint density at radius 2 is 1.94 bits per heavy atom. The van der Waals surface area contributed by atoms with Crippen LogP contribution in [0.15, 0.2) is 42.7 Å². The van der Waals surface area contributed by atoms with Crippen molar-refractivity contribution in [3.05, 3.63) is 64.7 Å². The number of nitrogens with one attached hydrogen (secondary N) is 1. The fourth-order valence-corrected chi connectivity index (χ4v) is 4.71. The summed E-state index contributed by atoms with van der Waals surface area (Å²) in [5.41, 5.74) is 4.10. The minimum Gasteiger partial charge on any atom is -0.494 e. The van der Waals surface area contributed by atoms with Gasteiger partial charge in [-0.3, -0.25) is 19.9 Å². The number of amides is 2. The zero-order chi connectivity index (χ0) is 25.1. The summed E-state index contributed by atoms with van der Waals surface area (Å²) >= 11 is 7.51. The minimum absolute atomic E-state index is 0.0526. The number of pyridine rings is 2. The maximum absolute atomic E-state index is 13.3. The van der Waals surface area contributed by atoms with Crippen molar-refractivity contribution < 1.29 is 14.3 Å². The van der Waals surface area contributed by atoms with Crippen molar-refractivity contribution in [1.82, 2.24) is 19.9 Å². The molecule has 0 saturated heterocycles. The van der Waals surface area contributed by atoms with E-state index in [4.69, 9.17) is 16.3 Å². The number of hydrogen-bond donors (Lipinski definition) is 1. The number of carbonyl (C=O) groups excluding carboxylic acids is 2. The van der Waals surface area contributed by atoms with Gasteiger partial charge in [0, 0.05) is 43.5 Å². The third-order valence-corrected chi connectivity index (χ3v) is 6.60. The highest BCUT2D eigenvalue weighted by molar-refractivity contribution is 7.22. The van der Waals surface area contributed by atoms with Crippen molar-refractivity contribution in [2.75, 3.05) is 26.5 Å². The first-order valence-corrected chi connectivity index (χ1v) is 12.0. The SMILES string of the molecule is COc1cnc(Cl)cc1-c1cc(C)ncc1C(=O)Nc1nc2c(CCC(=O)N(C)C)cccc2s1. The number of hydrogen-bond acceptors (Lipinski definition) is 7. The lowest BCUT2D eigenvalue weighted by molar-refractivity contribution is -0.128. The molecular formula is C25H24ClN5O3S. The molecule has 4 rings (SSSR count). The molecule has 1 N–H and O–H groups in total. The summed E-state index contributed by atoms with van der Waals surface area (Å²) in [5, 5.41) is 3.65. The number of fused-ring (bicyclic) bond motifs is 1. The van der Waals surface area contributed by atoms with Crippen LogP contribution in [0.1, 0.15) is 28.0 Å². The molecule has 3 aromatic heterocycles. The van der Waals surface area contributed by atoms with Crippen molar-refractivity contribution in [3.63, 3.8) is 0 Å². The van der Waals surface area contributed by atoms with Gasteiger partial charge in [-0.1, -0.05) is 35.1 Å². The number of aryl methyl sites for hydroxylation is 2. The minimum atomic E-state index is -0.356. The van der Waals surface area contributed by atoms with E-state index in [1.54, 1.807) is 31.1 Å². The first-order chi connectivity index (χ1) is 16.8. The molecule has 0 aliphatic rings. The van der Waals surface area contributed by atoms with Crippen LogP contribution in [-0.4, -0.2) is 52.9 Å². The third kappa shape index (κ3) is 5.41. The smallest absolute Gasteiger partial charge is 0.259 e. The molecule has 0 fully saturated rings. The highest BCUT2D eigenvalue weighted by Gasteiger charge is 2.20. The number of benzene rings is 1. The van der Waals surface area contributed by atoms with Crippen LogP contribution in [0, 0.1) is 6.92 Å². The van der Waals surface area contributed by atoms with Gasteiger partial charge in [-0.05, 0) is 37.1 Å². The molecule has 0 spiro atoms.